The molecule has 0 amide bonds. The number of piperazine rings is 1. The summed E-state index contributed by atoms with van der Waals surface area (Å²) in [7, 11) is 0. The second kappa shape index (κ2) is 7.84. The highest BCUT2D eigenvalue weighted by molar-refractivity contribution is 5.85. The molecule has 0 saturated carbocycles. The molecule has 0 aliphatic carbocycles. The average Bonchev–Trinajstić information content (AvgIpc) is 3.16. The monoisotopic (exact) mass is 399 g/mol. The maximum Gasteiger partial charge on any atom is 0.183 e. The zero-order valence-corrected chi connectivity index (χ0v) is 17.3. The van der Waals surface area contributed by atoms with Crippen molar-refractivity contribution >= 4 is 16.7 Å². The number of nitrogens with zero attached hydrogens (tertiary/aromatic N) is 5. The number of anilines is 1. The van der Waals surface area contributed by atoms with Gasteiger partial charge in [-0.15, -0.1) is 5.10 Å². The number of aryl methyl sites for hydroxylation is 2. The third-order valence-electron chi connectivity index (χ3n) is 5.86. The highest BCUT2D eigenvalue weighted by Crippen LogP contribution is 2.24. The van der Waals surface area contributed by atoms with Crippen LogP contribution in [0.4, 0.5) is 5.82 Å². The molecule has 0 bridgehead atoms. The molecule has 0 radical (unpaired) electrons. The Morgan fingerprint density at radius 1 is 1.13 bits per heavy atom. The summed E-state index contributed by atoms with van der Waals surface area (Å²) in [6.07, 6.45) is 2.77. The Hall–Kier alpha value is -3.32. The molecule has 5 rings (SSSR count). The molecule has 1 saturated heterocycles. The number of H-pyrrole nitrogens is 1. The number of aromatic amines is 1. The number of nitrogens with one attached hydrogen (secondary N) is 2. The Balaban J connectivity index is 1.37. The van der Waals surface area contributed by atoms with Crippen molar-refractivity contribution in [2.45, 2.75) is 26.3 Å². The third-order valence-corrected chi connectivity index (χ3v) is 5.86. The molecule has 3 heterocycles. The molecule has 1 atom stereocenters. The summed E-state index contributed by atoms with van der Waals surface area (Å²) < 4.78 is 0. The van der Waals surface area contributed by atoms with E-state index >= 15 is 0 Å². The van der Waals surface area contributed by atoms with Crippen LogP contribution in [0.1, 0.15) is 16.8 Å². The number of hydrogen-bond donors (Lipinski definition) is 2. The lowest BCUT2D eigenvalue weighted by molar-refractivity contribution is 0.451. The number of rotatable bonds is 4. The van der Waals surface area contributed by atoms with E-state index in [1.165, 1.54) is 11.1 Å². The molecule has 2 aromatic carbocycles. The zero-order valence-electron chi connectivity index (χ0n) is 17.3. The molecule has 0 spiro atoms. The van der Waals surface area contributed by atoms with Crippen LogP contribution in [0.25, 0.3) is 22.3 Å². The smallest absolute Gasteiger partial charge is 0.183 e. The van der Waals surface area contributed by atoms with Gasteiger partial charge in [-0.1, -0.05) is 24.3 Å². The lowest BCUT2D eigenvalue weighted by Crippen LogP contribution is -2.52. The van der Waals surface area contributed by atoms with Crippen LogP contribution in [0.5, 0.6) is 0 Å². The summed E-state index contributed by atoms with van der Waals surface area (Å²) in [6.45, 7) is 6.90. The third kappa shape index (κ3) is 3.64. The molecule has 4 aromatic rings. The maximum absolute atomic E-state index is 4.84. The van der Waals surface area contributed by atoms with Crippen molar-refractivity contribution in [1.29, 1.82) is 0 Å². The molecular formula is C23H25N7. The first-order valence-electron chi connectivity index (χ1n) is 10.3. The van der Waals surface area contributed by atoms with Crippen molar-refractivity contribution in [2.24, 2.45) is 0 Å². The second-order valence-electron chi connectivity index (χ2n) is 7.94. The van der Waals surface area contributed by atoms with Gasteiger partial charge in [0.05, 0.1) is 17.4 Å². The van der Waals surface area contributed by atoms with E-state index in [4.69, 9.17) is 4.98 Å². The Morgan fingerprint density at radius 3 is 2.93 bits per heavy atom. The normalized spacial score (nSPS) is 16.9. The van der Waals surface area contributed by atoms with Crippen molar-refractivity contribution in [3.05, 3.63) is 65.5 Å². The minimum atomic E-state index is 0.378. The maximum atomic E-state index is 4.84. The fourth-order valence-corrected chi connectivity index (χ4v) is 4.13. The Kier molecular flexibility index (Phi) is 4.88. The molecule has 7 nitrogen and oxygen atoms in total. The van der Waals surface area contributed by atoms with Gasteiger partial charge in [-0.05, 0) is 49.6 Å². The number of aromatic nitrogens is 5. The molecule has 1 fully saturated rings. The SMILES string of the molecule is Cc1ccccc1CC1CN(c2cnnc(-c3ccc4[nH]nc(C)c4c3)n2)CCN1. The fourth-order valence-electron chi connectivity index (χ4n) is 4.13. The molecule has 152 valence electrons. The summed E-state index contributed by atoms with van der Waals surface area (Å²) in [5, 5.41) is 20.6. The summed E-state index contributed by atoms with van der Waals surface area (Å²) >= 11 is 0. The van der Waals surface area contributed by atoms with E-state index in [2.05, 4.69) is 67.9 Å². The summed E-state index contributed by atoms with van der Waals surface area (Å²) in [5.74, 6) is 1.52. The molecule has 30 heavy (non-hydrogen) atoms. The van der Waals surface area contributed by atoms with Crippen molar-refractivity contribution < 1.29 is 0 Å². The van der Waals surface area contributed by atoms with Crippen molar-refractivity contribution in [3.63, 3.8) is 0 Å². The van der Waals surface area contributed by atoms with E-state index in [9.17, 15) is 0 Å². The largest absolute Gasteiger partial charge is 0.352 e. The van der Waals surface area contributed by atoms with E-state index < -0.39 is 0 Å². The predicted molar refractivity (Wildman–Crippen MR) is 119 cm³/mol. The zero-order chi connectivity index (χ0) is 20.5. The van der Waals surface area contributed by atoms with Gasteiger partial charge in [-0.3, -0.25) is 5.10 Å². The van der Waals surface area contributed by atoms with Gasteiger partial charge in [0.1, 0.15) is 0 Å². The van der Waals surface area contributed by atoms with Gasteiger partial charge in [0.15, 0.2) is 11.6 Å². The molecular weight excluding hydrogens is 374 g/mol. The van der Waals surface area contributed by atoms with Crippen LogP contribution >= 0.6 is 0 Å². The first kappa shape index (κ1) is 18.7. The minimum Gasteiger partial charge on any atom is -0.352 e. The van der Waals surface area contributed by atoms with Gasteiger partial charge >= 0.3 is 0 Å². The molecule has 7 heteroatoms. The Morgan fingerprint density at radius 2 is 2.03 bits per heavy atom. The quantitative estimate of drug-likeness (QED) is 0.549. The number of benzene rings is 2. The van der Waals surface area contributed by atoms with Gasteiger partial charge in [-0.25, -0.2) is 4.98 Å². The lowest BCUT2D eigenvalue weighted by Gasteiger charge is -2.34. The Labute approximate surface area is 175 Å². The van der Waals surface area contributed by atoms with E-state index in [-0.39, 0.29) is 0 Å². The van der Waals surface area contributed by atoms with Crippen molar-refractivity contribution in [2.75, 3.05) is 24.5 Å². The van der Waals surface area contributed by atoms with Gasteiger partial charge in [-0.2, -0.15) is 10.2 Å². The predicted octanol–water partition coefficient (Wildman–Crippen LogP) is 3.05. The Bertz CT molecular complexity index is 1180. The van der Waals surface area contributed by atoms with E-state index in [0.29, 0.717) is 11.9 Å². The molecule has 1 aliphatic rings. The first-order chi connectivity index (χ1) is 14.7. The van der Waals surface area contributed by atoms with Crippen molar-refractivity contribution in [1.82, 2.24) is 30.7 Å². The van der Waals surface area contributed by atoms with E-state index in [1.54, 1.807) is 6.20 Å². The van der Waals surface area contributed by atoms with Crippen LogP contribution in [0.2, 0.25) is 0 Å². The summed E-state index contributed by atoms with van der Waals surface area (Å²) in [6, 6.07) is 15.1. The highest BCUT2D eigenvalue weighted by atomic mass is 15.3. The van der Waals surface area contributed by atoms with Gasteiger partial charge in [0, 0.05) is 36.6 Å². The molecule has 1 aliphatic heterocycles. The van der Waals surface area contributed by atoms with Crippen molar-refractivity contribution in [3.8, 4) is 11.4 Å². The average molecular weight is 400 g/mol. The number of hydrogen-bond acceptors (Lipinski definition) is 6. The van der Waals surface area contributed by atoms with Gasteiger partial charge < -0.3 is 10.2 Å². The minimum absolute atomic E-state index is 0.378. The van der Waals surface area contributed by atoms with Crippen LogP contribution in [0, 0.1) is 13.8 Å². The van der Waals surface area contributed by atoms with Crippen LogP contribution in [0.15, 0.2) is 48.7 Å². The number of fused-ring (bicyclic) bond motifs is 1. The summed E-state index contributed by atoms with van der Waals surface area (Å²) in [4.78, 5) is 7.15. The van der Waals surface area contributed by atoms with Crippen LogP contribution in [-0.4, -0.2) is 51.1 Å². The molecule has 2 aromatic heterocycles. The van der Waals surface area contributed by atoms with Crippen LogP contribution in [0.3, 0.4) is 0 Å². The van der Waals surface area contributed by atoms with E-state index in [0.717, 1.165) is 54.0 Å². The van der Waals surface area contributed by atoms with Crippen LogP contribution < -0.4 is 10.2 Å². The fraction of sp³-hybridized carbons (Fsp3) is 0.304. The topological polar surface area (TPSA) is 82.6 Å². The molecule has 2 N–H and O–H groups in total. The molecule has 1 unspecified atom stereocenters. The summed E-state index contributed by atoms with van der Waals surface area (Å²) in [5.41, 5.74) is 5.67. The van der Waals surface area contributed by atoms with Gasteiger partial charge in [0.2, 0.25) is 0 Å². The lowest BCUT2D eigenvalue weighted by atomic mass is 10.00. The second-order valence-corrected chi connectivity index (χ2v) is 7.94. The standard InChI is InChI=1S/C23H25N7/c1-15-5-3-4-6-17(15)11-19-14-30(10-9-24-19)22-13-25-29-23(26-22)18-7-8-21-20(12-18)16(2)27-28-21/h3-8,12-13,19,24H,9-11,14H2,1-2H3,(H,27,28). The first-order valence-corrected chi connectivity index (χ1v) is 10.3. The highest BCUT2D eigenvalue weighted by Gasteiger charge is 2.22. The van der Waals surface area contributed by atoms with E-state index in [1.807, 2.05) is 19.1 Å². The van der Waals surface area contributed by atoms with Gasteiger partial charge in [0.25, 0.3) is 0 Å². The van der Waals surface area contributed by atoms with Crippen LogP contribution in [-0.2, 0) is 6.42 Å².